The average Bonchev–Trinajstić information content (AvgIpc) is 2.55. The van der Waals surface area contributed by atoms with Crippen LogP contribution in [0.25, 0.3) is 0 Å². The van der Waals surface area contributed by atoms with Gasteiger partial charge >= 0.3 is 5.97 Å². The molecule has 0 saturated carbocycles. The standard InChI is InChI=1S/C18H28O4S/c1-3-5-6-7-8-12-15-17(18(19)22-4-2)23(20,21)16-13-10-9-11-14-16/h9-11,13-14,17H,3-8,12,15H2,1-2H3. The topological polar surface area (TPSA) is 60.4 Å². The Morgan fingerprint density at radius 2 is 1.61 bits per heavy atom. The summed E-state index contributed by atoms with van der Waals surface area (Å²) in [5.74, 6) is -0.634. The Morgan fingerprint density at radius 3 is 2.22 bits per heavy atom. The number of carbonyl (C=O) groups is 1. The van der Waals surface area contributed by atoms with E-state index in [1.165, 1.54) is 25.0 Å². The fourth-order valence-corrected chi connectivity index (χ4v) is 4.18. The largest absolute Gasteiger partial charge is 0.465 e. The van der Waals surface area contributed by atoms with Crippen molar-refractivity contribution in [3.63, 3.8) is 0 Å². The minimum absolute atomic E-state index is 0.184. The highest BCUT2D eigenvalue weighted by atomic mass is 32.2. The second-order valence-electron chi connectivity index (χ2n) is 5.66. The van der Waals surface area contributed by atoms with E-state index in [9.17, 15) is 13.2 Å². The summed E-state index contributed by atoms with van der Waals surface area (Å²) >= 11 is 0. The van der Waals surface area contributed by atoms with Crippen LogP contribution in [0.4, 0.5) is 0 Å². The number of ether oxygens (including phenoxy) is 1. The number of benzene rings is 1. The number of esters is 1. The fraction of sp³-hybridized carbons (Fsp3) is 0.611. The molecule has 0 N–H and O–H groups in total. The molecule has 0 heterocycles. The van der Waals surface area contributed by atoms with E-state index < -0.39 is 21.1 Å². The maximum Gasteiger partial charge on any atom is 0.324 e. The number of rotatable bonds is 11. The molecular weight excluding hydrogens is 312 g/mol. The second-order valence-corrected chi connectivity index (χ2v) is 7.79. The summed E-state index contributed by atoms with van der Waals surface area (Å²) in [5, 5.41) is -1.10. The quantitative estimate of drug-likeness (QED) is 0.448. The Labute approximate surface area is 140 Å². The van der Waals surface area contributed by atoms with E-state index in [2.05, 4.69) is 6.92 Å². The zero-order chi connectivity index (χ0) is 17.1. The molecule has 1 atom stereocenters. The Kier molecular flexibility index (Phi) is 8.92. The van der Waals surface area contributed by atoms with Crippen LogP contribution in [0.15, 0.2) is 35.2 Å². The van der Waals surface area contributed by atoms with Gasteiger partial charge in [0.25, 0.3) is 0 Å². The van der Waals surface area contributed by atoms with Crippen LogP contribution in [0, 0.1) is 0 Å². The first-order chi connectivity index (χ1) is 11.0. The lowest BCUT2D eigenvalue weighted by Gasteiger charge is -2.16. The van der Waals surface area contributed by atoms with Crippen molar-refractivity contribution in [2.45, 2.75) is 68.9 Å². The molecule has 23 heavy (non-hydrogen) atoms. The molecule has 0 bridgehead atoms. The lowest BCUT2D eigenvalue weighted by molar-refractivity contribution is -0.142. The van der Waals surface area contributed by atoms with Crippen LogP contribution in [0.2, 0.25) is 0 Å². The lowest BCUT2D eigenvalue weighted by atomic mass is 10.1. The molecule has 0 radical (unpaired) electrons. The van der Waals surface area contributed by atoms with Gasteiger partial charge in [0.15, 0.2) is 15.1 Å². The molecule has 1 aromatic rings. The first-order valence-corrected chi connectivity index (χ1v) is 10.0. The highest BCUT2D eigenvalue weighted by Gasteiger charge is 2.34. The average molecular weight is 340 g/mol. The van der Waals surface area contributed by atoms with Gasteiger partial charge < -0.3 is 4.74 Å². The van der Waals surface area contributed by atoms with Crippen LogP contribution in [0.5, 0.6) is 0 Å². The zero-order valence-corrected chi connectivity index (χ0v) is 15.0. The predicted molar refractivity (Wildman–Crippen MR) is 92.0 cm³/mol. The summed E-state index contributed by atoms with van der Waals surface area (Å²) in [6, 6.07) is 8.15. The van der Waals surface area contributed by atoms with Gasteiger partial charge in [-0.05, 0) is 25.5 Å². The summed E-state index contributed by atoms with van der Waals surface area (Å²) in [6.45, 7) is 4.04. The highest BCUT2D eigenvalue weighted by Crippen LogP contribution is 2.22. The molecule has 5 heteroatoms. The van der Waals surface area contributed by atoms with Gasteiger partial charge in [-0.3, -0.25) is 4.79 Å². The van der Waals surface area contributed by atoms with E-state index >= 15 is 0 Å². The van der Waals surface area contributed by atoms with Crippen molar-refractivity contribution < 1.29 is 17.9 Å². The van der Waals surface area contributed by atoms with Crippen molar-refractivity contribution in [3.05, 3.63) is 30.3 Å². The van der Waals surface area contributed by atoms with Crippen molar-refractivity contribution in [2.24, 2.45) is 0 Å². The molecule has 0 spiro atoms. The molecule has 1 unspecified atom stereocenters. The van der Waals surface area contributed by atoms with Gasteiger partial charge in [0.05, 0.1) is 11.5 Å². The maximum atomic E-state index is 12.7. The first kappa shape index (κ1) is 19.7. The van der Waals surface area contributed by atoms with Gasteiger partial charge in [0.2, 0.25) is 0 Å². The van der Waals surface area contributed by atoms with Crippen molar-refractivity contribution in [3.8, 4) is 0 Å². The van der Waals surface area contributed by atoms with Crippen molar-refractivity contribution >= 4 is 15.8 Å². The fourth-order valence-electron chi connectivity index (χ4n) is 2.52. The molecule has 0 aromatic heterocycles. The smallest absolute Gasteiger partial charge is 0.324 e. The van der Waals surface area contributed by atoms with Crippen molar-refractivity contribution in [1.29, 1.82) is 0 Å². The summed E-state index contributed by atoms with van der Waals surface area (Å²) in [7, 11) is -3.69. The van der Waals surface area contributed by atoms with Crippen LogP contribution in [-0.2, 0) is 19.4 Å². The Bertz CT molecular complexity index is 552. The molecular formula is C18H28O4S. The van der Waals surface area contributed by atoms with Gasteiger partial charge in [-0.1, -0.05) is 63.6 Å². The number of unbranched alkanes of at least 4 members (excludes halogenated alkanes) is 5. The molecule has 1 aromatic carbocycles. The van der Waals surface area contributed by atoms with Crippen molar-refractivity contribution in [2.75, 3.05) is 6.61 Å². The number of hydrogen-bond donors (Lipinski definition) is 0. The maximum absolute atomic E-state index is 12.7. The Hall–Kier alpha value is -1.36. The van der Waals surface area contributed by atoms with Crippen LogP contribution in [0.3, 0.4) is 0 Å². The van der Waals surface area contributed by atoms with E-state index in [1.54, 1.807) is 25.1 Å². The third kappa shape index (κ3) is 6.34. The van der Waals surface area contributed by atoms with E-state index in [0.29, 0.717) is 6.42 Å². The second kappa shape index (κ2) is 10.4. The van der Waals surface area contributed by atoms with Gasteiger partial charge in [-0.25, -0.2) is 8.42 Å². The molecule has 0 fully saturated rings. The van der Waals surface area contributed by atoms with Crippen LogP contribution in [-0.4, -0.2) is 26.2 Å². The highest BCUT2D eigenvalue weighted by molar-refractivity contribution is 7.92. The van der Waals surface area contributed by atoms with Gasteiger partial charge in [-0.2, -0.15) is 0 Å². The molecule has 0 aliphatic heterocycles. The number of hydrogen-bond acceptors (Lipinski definition) is 4. The van der Waals surface area contributed by atoms with E-state index in [1.807, 2.05) is 0 Å². The zero-order valence-electron chi connectivity index (χ0n) is 14.2. The van der Waals surface area contributed by atoms with E-state index in [-0.39, 0.29) is 11.5 Å². The van der Waals surface area contributed by atoms with Gasteiger partial charge in [0.1, 0.15) is 0 Å². The molecule has 0 aliphatic rings. The number of sulfone groups is 1. The molecule has 1 rings (SSSR count). The molecule has 0 aliphatic carbocycles. The van der Waals surface area contributed by atoms with E-state index in [0.717, 1.165) is 25.7 Å². The molecule has 130 valence electrons. The van der Waals surface area contributed by atoms with Crippen molar-refractivity contribution in [1.82, 2.24) is 0 Å². The van der Waals surface area contributed by atoms with Crippen LogP contribution in [0.1, 0.15) is 58.8 Å². The Balaban J connectivity index is 2.75. The third-order valence-corrected chi connectivity index (χ3v) is 5.92. The van der Waals surface area contributed by atoms with E-state index in [4.69, 9.17) is 4.74 Å². The monoisotopic (exact) mass is 340 g/mol. The minimum Gasteiger partial charge on any atom is -0.465 e. The molecule has 0 saturated heterocycles. The summed E-state index contributed by atoms with van der Waals surface area (Å²) < 4.78 is 30.4. The Morgan fingerprint density at radius 1 is 1.00 bits per heavy atom. The number of carbonyl (C=O) groups excluding carboxylic acids is 1. The summed E-state index contributed by atoms with van der Waals surface area (Å²) in [5.41, 5.74) is 0. The van der Waals surface area contributed by atoms with Gasteiger partial charge in [-0.15, -0.1) is 0 Å². The first-order valence-electron chi connectivity index (χ1n) is 8.49. The normalized spacial score (nSPS) is 12.8. The SMILES string of the molecule is CCCCCCCCC(C(=O)OCC)S(=O)(=O)c1ccccc1. The molecule has 0 amide bonds. The minimum atomic E-state index is -3.69. The third-order valence-electron chi connectivity index (χ3n) is 3.82. The summed E-state index contributed by atoms with van der Waals surface area (Å²) in [6.07, 6.45) is 6.60. The molecule has 4 nitrogen and oxygen atoms in total. The van der Waals surface area contributed by atoms with Crippen LogP contribution < -0.4 is 0 Å². The predicted octanol–water partition coefficient (Wildman–Crippen LogP) is 4.14. The van der Waals surface area contributed by atoms with Gasteiger partial charge in [0, 0.05) is 0 Å². The van der Waals surface area contributed by atoms with Crippen LogP contribution >= 0.6 is 0 Å². The lowest BCUT2D eigenvalue weighted by Crippen LogP contribution is -2.32. The summed E-state index contributed by atoms with van der Waals surface area (Å²) in [4.78, 5) is 12.3.